The van der Waals surface area contributed by atoms with E-state index in [9.17, 15) is 22.7 Å². The van der Waals surface area contributed by atoms with Gasteiger partial charge in [-0.05, 0) is 42.0 Å². The van der Waals surface area contributed by atoms with Crippen molar-refractivity contribution in [2.75, 3.05) is 33.4 Å². The summed E-state index contributed by atoms with van der Waals surface area (Å²) < 4.78 is 51.6. The number of carbonyl (C=O) groups is 1. The molecule has 0 saturated carbocycles. The highest BCUT2D eigenvalue weighted by Gasteiger charge is 2.28. The van der Waals surface area contributed by atoms with Gasteiger partial charge in [-0.3, -0.25) is 0 Å². The van der Waals surface area contributed by atoms with E-state index in [0.717, 1.165) is 6.07 Å². The minimum Gasteiger partial charge on any atom is -0.497 e. The third-order valence-corrected chi connectivity index (χ3v) is 6.12. The minimum absolute atomic E-state index is 0.0517. The predicted molar refractivity (Wildman–Crippen MR) is 94.9 cm³/mol. The van der Waals surface area contributed by atoms with E-state index in [2.05, 4.69) is 0 Å². The first-order valence-corrected chi connectivity index (χ1v) is 9.57. The van der Waals surface area contributed by atoms with Crippen LogP contribution in [0.4, 0.5) is 4.39 Å². The van der Waals surface area contributed by atoms with Gasteiger partial charge in [0.1, 0.15) is 11.6 Å². The highest BCUT2D eigenvalue weighted by Crippen LogP contribution is 2.31. The molecule has 0 unspecified atom stereocenters. The molecule has 0 radical (unpaired) electrons. The lowest BCUT2D eigenvalue weighted by molar-refractivity contribution is 0.0696. The summed E-state index contributed by atoms with van der Waals surface area (Å²) >= 11 is 0. The van der Waals surface area contributed by atoms with Crippen molar-refractivity contribution in [2.24, 2.45) is 0 Å². The summed E-state index contributed by atoms with van der Waals surface area (Å²) in [6.07, 6.45) is 0. The Balaban J connectivity index is 2.15. The van der Waals surface area contributed by atoms with Gasteiger partial charge in [0.25, 0.3) is 0 Å². The molecule has 0 atom stereocenters. The Morgan fingerprint density at radius 2 is 1.89 bits per heavy atom. The maximum Gasteiger partial charge on any atom is 0.335 e. The molecule has 1 heterocycles. The van der Waals surface area contributed by atoms with Crippen molar-refractivity contribution in [1.82, 2.24) is 4.31 Å². The zero-order chi connectivity index (χ0) is 19.6. The molecule has 1 fully saturated rings. The Morgan fingerprint density at radius 3 is 2.52 bits per heavy atom. The van der Waals surface area contributed by atoms with Gasteiger partial charge in [-0.1, -0.05) is 0 Å². The van der Waals surface area contributed by atoms with Crippen LogP contribution in [0.15, 0.2) is 41.3 Å². The summed E-state index contributed by atoms with van der Waals surface area (Å²) in [4.78, 5) is 11.3. The van der Waals surface area contributed by atoms with Crippen molar-refractivity contribution in [1.29, 1.82) is 0 Å². The number of carboxylic acid groups (broad SMARTS) is 1. The number of ether oxygens (including phenoxy) is 2. The van der Waals surface area contributed by atoms with Gasteiger partial charge in [0.15, 0.2) is 0 Å². The Labute approximate surface area is 156 Å². The first kappa shape index (κ1) is 19.3. The highest BCUT2D eigenvalue weighted by molar-refractivity contribution is 7.89. The van der Waals surface area contributed by atoms with Gasteiger partial charge in [0, 0.05) is 18.7 Å². The number of carboxylic acids is 1. The molecule has 144 valence electrons. The Hall–Kier alpha value is -2.49. The normalized spacial score (nSPS) is 15.5. The molecular weight excluding hydrogens is 377 g/mol. The molecule has 9 heteroatoms. The monoisotopic (exact) mass is 395 g/mol. The van der Waals surface area contributed by atoms with E-state index in [4.69, 9.17) is 9.47 Å². The van der Waals surface area contributed by atoms with Crippen LogP contribution in [-0.2, 0) is 14.8 Å². The number of morpholine rings is 1. The van der Waals surface area contributed by atoms with E-state index in [0.29, 0.717) is 5.75 Å². The minimum atomic E-state index is -3.94. The molecule has 1 aliphatic heterocycles. The number of hydrogen-bond acceptors (Lipinski definition) is 5. The molecule has 0 bridgehead atoms. The van der Waals surface area contributed by atoms with Crippen molar-refractivity contribution in [3.05, 3.63) is 47.8 Å². The topological polar surface area (TPSA) is 93.1 Å². The van der Waals surface area contributed by atoms with Crippen LogP contribution in [0.1, 0.15) is 10.4 Å². The van der Waals surface area contributed by atoms with Crippen LogP contribution < -0.4 is 4.74 Å². The van der Waals surface area contributed by atoms with Crippen molar-refractivity contribution in [2.45, 2.75) is 4.90 Å². The number of sulfonamides is 1. The second-order valence-corrected chi connectivity index (χ2v) is 7.85. The van der Waals surface area contributed by atoms with Crippen molar-refractivity contribution < 1.29 is 32.2 Å². The number of aromatic carboxylic acids is 1. The molecule has 1 aliphatic rings. The summed E-state index contributed by atoms with van der Waals surface area (Å²) in [5.41, 5.74) is -0.0597. The fourth-order valence-electron chi connectivity index (χ4n) is 2.82. The SMILES string of the molecule is COc1ccc(F)c(-c2cc(C(=O)O)cc(S(=O)(=O)N3CCOCC3)c2)c1. The van der Waals surface area contributed by atoms with Crippen LogP contribution in [0, 0.1) is 5.82 Å². The summed E-state index contributed by atoms with van der Waals surface area (Å²) in [5.74, 6) is -1.56. The molecule has 2 aromatic carbocycles. The van der Waals surface area contributed by atoms with Gasteiger partial charge >= 0.3 is 5.97 Å². The summed E-state index contributed by atoms with van der Waals surface area (Å²) in [6.45, 7) is 0.857. The largest absolute Gasteiger partial charge is 0.497 e. The third kappa shape index (κ3) is 3.95. The van der Waals surface area contributed by atoms with Crippen molar-refractivity contribution >= 4 is 16.0 Å². The summed E-state index contributed by atoms with van der Waals surface area (Å²) in [7, 11) is -2.53. The van der Waals surface area contributed by atoms with Gasteiger partial charge in [-0.15, -0.1) is 0 Å². The van der Waals surface area contributed by atoms with Crippen LogP contribution >= 0.6 is 0 Å². The average molecular weight is 395 g/mol. The number of rotatable bonds is 5. The molecule has 1 N–H and O–H groups in total. The predicted octanol–water partition coefficient (Wildman–Crippen LogP) is 2.22. The highest BCUT2D eigenvalue weighted by atomic mass is 32.2. The number of hydrogen-bond donors (Lipinski definition) is 1. The molecule has 0 amide bonds. The molecule has 27 heavy (non-hydrogen) atoms. The Bertz CT molecular complexity index is 970. The second kappa shape index (κ2) is 7.63. The molecule has 0 aliphatic carbocycles. The van der Waals surface area contributed by atoms with E-state index in [-0.39, 0.29) is 47.9 Å². The van der Waals surface area contributed by atoms with Crippen LogP contribution in [0.3, 0.4) is 0 Å². The van der Waals surface area contributed by atoms with Crippen molar-refractivity contribution in [3.8, 4) is 16.9 Å². The van der Waals surface area contributed by atoms with Crippen LogP contribution in [0.2, 0.25) is 0 Å². The third-order valence-electron chi connectivity index (χ3n) is 4.25. The van der Waals surface area contributed by atoms with Gasteiger partial charge in [0.2, 0.25) is 10.0 Å². The number of methoxy groups -OCH3 is 1. The summed E-state index contributed by atoms with van der Waals surface area (Å²) in [6, 6.07) is 7.58. The first-order valence-electron chi connectivity index (χ1n) is 8.13. The number of halogens is 1. The molecule has 2 aromatic rings. The molecule has 1 saturated heterocycles. The van der Waals surface area contributed by atoms with Crippen molar-refractivity contribution in [3.63, 3.8) is 0 Å². The lowest BCUT2D eigenvalue weighted by Crippen LogP contribution is -2.40. The standard InChI is InChI=1S/C18H18FNO6S/c1-25-14-2-3-17(19)16(11-14)12-8-13(18(21)22)10-15(9-12)27(23,24)20-4-6-26-7-5-20/h2-3,8-11H,4-7H2,1H3,(H,21,22). The van der Waals surface area contributed by atoms with E-state index in [1.807, 2.05) is 0 Å². The number of nitrogens with zero attached hydrogens (tertiary/aromatic N) is 1. The molecule has 7 nitrogen and oxygen atoms in total. The van der Waals surface area contributed by atoms with Crippen LogP contribution in [0.5, 0.6) is 5.75 Å². The van der Waals surface area contributed by atoms with E-state index in [1.165, 1.54) is 41.7 Å². The quantitative estimate of drug-likeness (QED) is 0.835. The lowest BCUT2D eigenvalue weighted by atomic mass is 10.0. The van der Waals surface area contributed by atoms with E-state index >= 15 is 0 Å². The maximum absolute atomic E-state index is 14.3. The molecule has 3 rings (SSSR count). The second-order valence-electron chi connectivity index (χ2n) is 5.91. The van der Waals surface area contributed by atoms with Gasteiger partial charge in [0.05, 0.1) is 30.8 Å². The fraction of sp³-hybridized carbons (Fsp3) is 0.278. The molecule has 0 spiro atoms. The van der Waals surface area contributed by atoms with Crippen LogP contribution in [-0.4, -0.2) is 57.2 Å². The Kier molecular flexibility index (Phi) is 5.45. The Morgan fingerprint density at radius 1 is 1.19 bits per heavy atom. The van der Waals surface area contributed by atoms with Crippen LogP contribution in [0.25, 0.3) is 11.1 Å². The average Bonchev–Trinajstić information content (AvgIpc) is 2.68. The van der Waals surface area contributed by atoms with E-state index < -0.39 is 21.8 Å². The van der Waals surface area contributed by atoms with Gasteiger partial charge in [-0.25, -0.2) is 17.6 Å². The summed E-state index contributed by atoms with van der Waals surface area (Å²) in [5, 5.41) is 9.38. The maximum atomic E-state index is 14.3. The smallest absolute Gasteiger partial charge is 0.335 e. The molecular formula is C18H18FNO6S. The fourth-order valence-corrected chi connectivity index (χ4v) is 4.30. The van der Waals surface area contributed by atoms with Gasteiger partial charge < -0.3 is 14.6 Å². The van der Waals surface area contributed by atoms with Gasteiger partial charge in [-0.2, -0.15) is 4.31 Å². The zero-order valence-electron chi connectivity index (χ0n) is 14.5. The lowest BCUT2D eigenvalue weighted by Gasteiger charge is -2.26. The number of benzene rings is 2. The first-order chi connectivity index (χ1) is 12.8. The zero-order valence-corrected chi connectivity index (χ0v) is 15.3. The van der Waals surface area contributed by atoms with E-state index in [1.54, 1.807) is 0 Å². The molecule has 0 aromatic heterocycles.